The van der Waals surface area contributed by atoms with Crippen molar-refractivity contribution >= 4 is 39.8 Å². The summed E-state index contributed by atoms with van der Waals surface area (Å²) in [7, 11) is -1.44. The van der Waals surface area contributed by atoms with Gasteiger partial charge in [-0.25, -0.2) is 9.97 Å². The van der Waals surface area contributed by atoms with Crippen LogP contribution >= 0.6 is 23.2 Å². The van der Waals surface area contributed by atoms with Gasteiger partial charge in [0.05, 0.1) is 31.7 Å². The lowest BCUT2D eigenvalue weighted by atomic mass is 10.2. The first-order valence-corrected chi connectivity index (χ1v) is 11.1. The predicted octanol–water partition coefficient (Wildman–Crippen LogP) is 3.71. The Bertz CT molecular complexity index is 993. The van der Waals surface area contributed by atoms with Crippen LogP contribution < -0.4 is 15.0 Å². The number of hydrogen-bond donors (Lipinski definition) is 1. The molecular weight excluding hydrogens is 464 g/mol. The van der Waals surface area contributed by atoms with Gasteiger partial charge in [-0.15, -0.1) is 0 Å². The summed E-state index contributed by atoms with van der Waals surface area (Å²) in [5.74, 6) is 0.723. The average molecular weight is 481 g/mol. The molecule has 2 aliphatic heterocycles. The zero-order valence-electron chi connectivity index (χ0n) is 15.5. The van der Waals surface area contributed by atoms with Gasteiger partial charge < -0.3 is 15.0 Å². The van der Waals surface area contributed by atoms with Gasteiger partial charge in [-0.2, -0.15) is 13.2 Å². The summed E-state index contributed by atoms with van der Waals surface area (Å²) in [6.45, 7) is 1.02. The molecular formula is C18H17Cl2F3N4O2S. The van der Waals surface area contributed by atoms with E-state index in [1.807, 2.05) is 4.90 Å². The minimum absolute atomic E-state index is 0.0233. The molecule has 2 atom stereocenters. The molecule has 0 radical (unpaired) electrons. The minimum atomic E-state index is -4.44. The fraction of sp³-hybridized carbons (Fsp3) is 0.444. The molecule has 6 nitrogen and oxygen atoms in total. The van der Waals surface area contributed by atoms with Crippen molar-refractivity contribution in [3.8, 4) is 5.75 Å². The van der Waals surface area contributed by atoms with Crippen LogP contribution in [0.2, 0.25) is 10.3 Å². The number of benzene rings is 1. The Morgan fingerprint density at radius 2 is 2.07 bits per heavy atom. The van der Waals surface area contributed by atoms with Crippen LogP contribution in [0.15, 0.2) is 23.1 Å². The maximum atomic E-state index is 13.1. The lowest BCUT2D eigenvalue weighted by Gasteiger charge is -2.20. The SMILES string of the molecule is O=S(c1ccc(OCC(F)(F)F)cc1Cl)[C@H]1CCN(c2nc(Cl)nc3c2CNC3)C1. The van der Waals surface area contributed by atoms with Crippen LogP contribution in [0.25, 0.3) is 0 Å². The van der Waals surface area contributed by atoms with Crippen molar-refractivity contribution in [1.29, 1.82) is 0 Å². The number of aromatic nitrogens is 2. The topological polar surface area (TPSA) is 67.3 Å². The quantitative estimate of drug-likeness (QED) is 0.657. The van der Waals surface area contributed by atoms with E-state index in [-0.39, 0.29) is 21.3 Å². The van der Waals surface area contributed by atoms with E-state index in [4.69, 9.17) is 27.9 Å². The van der Waals surface area contributed by atoms with E-state index in [2.05, 4.69) is 15.3 Å². The molecule has 1 N–H and O–H groups in total. The summed E-state index contributed by atoms with van der Waals surface area (Å²) in [4.78, 5) is 11.0. The number of rotatable bonds is 5. The summed E-state index contributed by atoms with van der Waals surface area (Å²) < 4.78 is 54.7. The molecule has 2 aromatic rings. The number of nitrogens with zero attached hydrogens (tertiary/aromatic N) is 3. The molecule has 162 valence electrons. The largest absolute Gasteiger partial charge is 0.484 e. The number of ether oxygens (including phenoxy) is 1. The van der Waals surface area contributed by atoms with E-state index < -0.39 is 23.6 Å². The van der Waals surface area contributed by atoms with Crippen LogP contribution in [0.1, 0.15) is 17.7 Å². The molecule has 1 fully saturated rings. The highest BCUT2D eigenvalue weighted by atomic mass is 35.5. The zero-order chi connectivity index (χ0) is 21.5. The molecule has 0 bridgehead atoms. The van der Waals surface area contributed by atoms with Crippen molar-refractivity contribution in [2.75, 3.05) is 24.6 Å². The lowest BCUT2D eigenvalue weighted by molar-refractivity contribution is -0.153. The highest BCUT2D eigenvalue weighted by Gasteiger charge is 2.33. The van der Waals surface area contributed by atoms with Gasteiger partial charge in [0.1, 0.15) is 11.6 Å². The van der Waals surface area contributed by atoms with Crippen LogP contribution in [0.5, 0.6) is 5.75 Å². The first kappa shape index (κ1) is 21.6. The first-order chi connectivity index (χ1) is 14.2. The molecule has 30 heavy (non-hydrogen) atoms. The van der Waals surface area contributed by atoms with E-state index in [1.165, 1.54) is 18.2 Å². The van der Waals surface area contributed by atoms with Gasteiger partial charge in [-0.1, -0.05) is 11.6 Å². The first-order valence-electron chi connectivity index (χ1n) is 9.12. The molecule has 3 heterocycles. The highest BCUT2D eigenvalue weighted by Crippen LogP contribution is 2.33. The molecule has 0 saturated carbocycles. The normalized spacial score (nSPS) is 19.8. The van der Waals surface area contributed by atoms with Gasteiger partial charge in [-0.05, 0) is 36.2 Å². The third kappa shape index (κ3) is 4.66. The Morgan fingerprint density at radius 1 is 1.27 bits per heavy atom. The number of halogens is 5. The van der Waals surface area contributed by atoms with Crippen molar-refractivity contribution in [3.05, 3.63) is 39.8 Å². The van der Waals surface area contributed by atoms with Gasteiger partial charge in [0.15, 0.2) is 6.61 Å². The molecule has 1 saturated heterocycles. The number of alkyl halides is 3. The van der Waals surface area contributed by atoms with E-state index in [9.17, 15) is 17.4 Å². The Labute approximate surface area is 183 Å². The third-order valence-electron chi connectivity index (χ3n) is 4.91. The fourth-order valence-corrected chi connectivity index (χ4v) is 5.59. The molecule has 0 aliphatic carbocycles. The van der Waals surface area contributed by atoms with E-state index in [1.54, 1.807) is 0 Å². The standard InChI is InChI=1S/C18H17Cl2F3N4O2S/c19-13-5-10(29-9-18(21,22)23)1-2-15(13)30(28)11-3-4-27(8-11)16-12-6-24-7-14(12)25-17(20)26-16/h1-2,5,11,24H,3-4,6-9H2/t11-,30?/m0/s1. The number of hydrogen-bond acceptors (Lipinski definition) is 6. The molecule has 2 aliphatic rings. The minimum Gasteiger partial charge on any atom is -0.484 e. The summed E-state index contributed by atoms with van der Waals surface area (Å²) in [5.41, 5.74) is 1.86. The second-order valence-electron chi connectivity index (χ2n) is 7.00. The fourth-order valence-electron chi connectivity index (χ4n) is 3.56. The number of anilines is 1. The predicted molar refractivity (Wildman–Crippen MR) is 108 cm³/mol. The van der Waals surface area contributed by atoms with Crippen molar-refractivity contribution in [1.82, 2.24) is 15.3 Å². The van der Waals surface area contributed by atoms with E-state index in [0.29, 0.717) is 37.5 Å². The van der Waals surface area contributed by atoms with Crippen LogP contribution in [-0.2, 0) is 23.9 Å². The van der Waals surface area contributed by atoms with Crippen molar-refractivity contribution < 1.29 is 22.1 Å². The monoisotopic (exact) mass is 480 g/mol. The molecule has 4 rings (SSSR count). The van der Waals surface area contributed by atoms with Gasteiger partial charge in [-0.3, -0.25) is 4.21 Å². The Kier molecular flexibility index (Phi) is 6.11. The summed E-state index contributed by atoms with van der Waals surface area (Å²) >= 11 is 12.2. The Balaban J connectivity index is 1.47. The Morgan fingerprint density at radius 3 is 2.80 bits per heavy atom. The smallest absolute Gasteiger partial charge is 0.422 e. The summed E-state index contributed by atoms with van der Waals surface area (Å²) in [5, 5.41) is 3.31. The maximum Gasteiger partial charge on any atom is 0.422 e. The number of fused-ring (bicyclic) bond motifs is 1. The maximum absolute atomic E-state index is 13.1. The Hall–Kier alpha value is -1.62. The second kappa shape index (κ2) is 8.49. The molecule has 12 heteroatoms. The summed E-state index contributed by atoms with van der Waals surface area (Å²) in [6.07, 6.45) is -3.79. The van der Waals surface area contributed by atoms with Crippen molar-refractivity contribution in [3.63, 3.8) is 0 Å². The van der Waals surface area contributed by atoms with Crippen molar-refractivity contribution in [2.24, 2.45) is 0 Å². The zero-order valence-corrected chi connectivity index (χ0v) is 17.8. The summed E-state index contributed by atoms with van der Waals surface area (Å²) in [6, 6.07) is 4.06. The molecule has 1 aromatic heterocycles. The van der Waals surface area contributed by atoms with Crippen LogP contribution in [0.4, 0.5) is 19.0 Å². The van der Waals surface area contributed by atoms with Crippen LogP contribution in [0, 0.1) is 0 Å². The molecule has 0 spiro atoms. The average Bonchev–Trinajstić information content (AvgIpc) is 3.34. The lowest BCUT2D eigenvalue weighted by Crippen LogP contribution is -2.26. The molecule has 1 aromatic carbocycles. The third-order valence-corrected chi connectivity index (χ3v) is 7.28. The van der Waals surface area contributed by atoms with Crippen molar-refractivity contribution in [2.45, 2.75) is 35.8 Å². The van der Waals surface area contributed by atoms with Crippen LogP contribution in [-0.4, -0.2) is 45.3 Å². The molecule has 1 unspecified atom stereocenters. The van der Waals surface area contributed by atoms with Gasteiger partial charge in [0.25, 0.3) is 0 Å². The van der Waals surface area contributed by atoms with Gasteiger partial charge in [0.2, 0.25) is 5.28 Å². The van der Waals surface area contributed by atoms with E-state index in [0.717, 1.165) is 17.1 Å². The van der Waals surface area contributed by atoms with Gasteiger partial charge in [0, 0.05) is 31.7 Å². The van der Waals surface area contributed by atoms with Crippen LogP contribution in [0.3, 0.4) is 0 Å². The second-order valence-corrected chi connectivity index (χ2v) is 9.44. The number of nitrogens with one attached hydrogen (secondary N) is 1. The highest BCUT2D eigenvalue weighted by molar-refractivity contribution is 7.85. The van der Waals surface area contributed by atoms with E-state index >= 15 is 0 Å². The molecule has 0 amide bonds. The van der Waals surface area contributed by atoms with Gasteiger partial charge >= 0.3 is 6.18 Å².